The van der Waals surface area contributed by atoms with Crippen LogP contribution in [0.4, 0.5) is 0 Å². The second kappa shape index (κ2) is 4.47. The van der Waals surface area contributed by atoms with E-state index in [1.165, 1.54) is 17.7 Å². The molecule has 0 unspecified atom stereocenters. The van der Waals surface area contributed by atoms with Gasteiger partial charge in [-0.1, -0.05) is 26.0 Å². The van der Waals surface area contributed by atoms with Crippen molar-refractivity contribution in [1.82, 2.24) is 5.01 Å². The monoisotopic (exact) mass is 180 g/mol. The lowest BCUT2D eigenvalue weighted by molar-refractivity contribution is 0.406. The Morgan fingerprint density at radius 2 is 2.23 bits per heavy atom. The van der Waals surface area contributed by atoms with Crippen molar-refractivity contribution >= 4 is 0 Å². The van der Waals surface area contributed by atoms with Crippen LogP contribution in [-0.2, 0) is 0 Å². The second-order valence-electron chi connectivity index (χ2n) is 3.85. The Bertz CT molecular complexity index is 226. The lowest BCUT2D eigenvalue weighted by atomic mass is 9.99. The van der Waals surface area contributed by atoms with Crippen molar-refractivity contribution in [3.05, 3.63) is 23.4 Å². The first kappa shape index (κ1) is 10.3. The van der Waals surface area contributed by atoms with Crippen molar-refractivity contribution in [3.63, 3.8) is 0 Å². The minimum absolute atomic E-state index is 0.565. The predicted octanol–water partition coefficient (Wildman–Crippen LogP) is 2.44. The molecule has 1 fully saturated rings. The molecule has 0 aliphatic carbocycles. The molecule has 13 heavy (non-hydrogen) atoms. The molecule has 0 aromatic heterocycles. The Hall–Kier alpha value is -0.760. The van der Waals surface area contributed by atoms with Gasteiger partial charge in [-0.3, -0.25) is 0 Å². The minimum Gasteiger partial charge on any atom is -0.315 e. The number of hydrazine groups is 1. The largest absolute Gasteiger partial charge is 0.315 e. The first-order chi connectivity index (χ1) is 6.16. The Morgan fingerprint density at radius 3 is 2.62 bits per heavy atom. The van der Waals surface area contributed by atoms with Gasteiger partial charge in [-0.25, -0.2) is 5.84 Å². The Kier molecular flexibility index (Phi) is 3.55. The average Bonchev–Trinajstić information content (AvgIpc) is 2.47. The number of allylic oxidation sites excluding steroid dienone is 4. The summed E-state index contributed by atoms with van der Waals surface area (Å²) in [6.07, 6.45) is 6.60. The molecule has 0 spiro atoms. The van der Waals surface area contributed by atoms with E-state index in [0.717, 1.165) is 13.0 Å². The molecule has 1 aliphatic heterocycles. The summed E-state index contributed by atoms with van der Waals surface area (Å²) in [6, 6.07) is 0. The minimum atomic E-state index is 0.565. The van der Waals surface area contributed by atoms with Crippen molar-refractivity contribution < 1.29 is 0 Å². The molecule has 0 aromatic rings. The van der Waals surface area contributed by atoms with E-state index in [4.69, 9.17) is 5.84 Å². The zero-order valence-corrected chi connectivity index (χ0v) is 8.88. The number of nitrogens with two attached hydrogens (primary N) is 1. The summed E-state index contributed by atoms with van der Waals surface area (Å²) in [5, 5.41) is 1.90. The van der Waals surface area contributed by atoms with Gasteiger partial charge in [0.15, 0.2) is 0 Å². The fraction of sp³-hybridized carbons (Fsp3) is 0.636. The smallest absolute Gasteiger partial charge is 0.0342 e. The molecule has 0 amide bonds. The molecule has 1 heterocycles. The molecule has 74 valence electrons. The van der Waals surface area contributed by atoms with E-state index in [1.54, 1.807) is 0 Å². The van der Waals surface area contributed by atoms with Crippen LogP contribution in [0.5, 0.6) is 0 Å². The first-order valence-electron chi connectivity index (χ1n) is 5.04. The van der Waals surface area contributed by atoms with Crippen LogP contribution < -0.4 is 5.84 Å². The molecule has 2 heteroatoms. The zero-order valence-electron chi connectivity index (χ0n) is 8.88. The molecule has 0 saturated carbocycles. The van der Waals surface area contributed by atoms with Gasteiger partial charge in [-0.15, -0.1) is 0 Å². The average molecular weight is 180 g/mol. The van der Waals surface area contributed by atoms with Crippen molar-refractivity contribution in [2.24, 2.45) is 11.8 Å². The van der Waals surface area contributed by atoms with E-state index >= 15 is 0 Å². The highest BCUT2D eigenvalue weighted by atomic mass is 15.4. The van der Waals surface area contributed by atoms with Gasteiger partial charge < -0.3 is 5.01 Å². The third kappa shape index (κ3) is 2.34. The van der Waals surface area contributed by atoms with Gasteiger partial charge in [0, 0.05) is 12.2 Å². The Balaban J connectivity index is 2.94. The maximum absolute atomic E-state index is 5.89. The predicted molar refractivity (Wildman–Crippen MR) is 56.8 cm³/mol. The molecule has 1 aliphatic rings. The van der Waals surface area contributed by atoms with Crippen LogP contribution in [0.25, 0.3) is 0 Å². The van der Waals surface area contributed by atoms with E-state index in [0.29, 0.717) is 5.92 Å². The van der Waals surface area contributed by atoms with E-state index in [2.05, 4.69) is 32.9 Å². The third-order valence-corrected chi connectivity index (χ3v) is 2.46. The van der Waals surface area contributed by atoms with Gasteiger partial charge in [0.2, 0.25) is 0 Å². The standard InChI is InChI=1S/C11H20N2/c1-4-6-10(9(2)3)11-7-5-8-13(11)12/h4,6,9H,5,7-8,12H2,1-3H3/b6-4-,11-10+. The van der Waals surface area contributed by atoms with Gasteiger partial charge >= 0.3 is 0 Å². The highest BCUT2D eigenvalue weighted by Crippen LogP contribution is 2.26. The van der Waals surface area contributed by atoms with Gasteiger partial charge in [-0.05, 0) is 31.3 Å². The van der Waals surface area contributed by atoms with Gasteiger partial charge in [-0.2, -0.15) is 0 Å². The molecule has 0 atom stereocenters. The summed E-state index contributed by atoms with van der Waals surface area (Å²) in [6.45, 7) is 7.49. The fourth-order valence-electron chi connectivity index (χ4n) is 1.81. The molecule has 1 saturated heterocycles. The molecule has 0 bridgehead atoms. The number of nitrogens with zero attached hydrogens (tertiary/aromatic N) is 1. The lowest BCUT2D eigenvalue weighted by Gasteiger charge is -2.18. The first-order valence-corrected chi connectivity index (χ1v) is 5.04. The number of hydrogen-bond acceptors (Lipinski definition) is 2. The molecular formula is C11H20N2. The molecule has 0 radical (unpaired) electrons. The van der Waals surface area contributed by atoms with E-state index in [9.17, 15) is 0 Å². The van der Waals surface area contributed by atoms with Crippen LogP contribution in [0.15, 0.2) is 23.4 Å². The quantitative estimate of drug-likeness (QED) is 0.661. The number of hydrogen-bond donors (Lipinski definition) is 1. The summed E-state index contributed by atoms with van der Waals surface area (Å²) in [4.78, 5) is 0. The van der Waals surface area contributed by atoms with Gasteiger partial charge in [0.1, 0.15) is 0 Å². The fourth-order valence-corrected chi connectivity index (χ4v) is 1.81. The maximum atomic E-state index is 5.89. The van der Waals surface area contributed by atoms with E-state index in [1.807, 2.05) is 5.01 Å². The topological polar surface area (TPSA) is 29.3 Å². The molecule has 2 nitrogen and oxygen atoms in total. The summed E-state index contributed by atoms with van der Waals surface area (Å²) < 4.78 is 0. The molecule has 0 aromatic carbocycles. The summed E-state index contributed by atoms with van der Waals surface area (Å²) in [5.41, 5.74) is 2.72. The Labute approximate surface area is 81.1 Å². The number of rotatable bonds is 2. The van der Waals surface area contributed by atoms with Crippen LogP contribution in [0.3, 0.4) is 0 Å². The second-order valence-corrected chi connectivity index (χ2v) is 3.85. The molecular weight excluding hydrogens is 160 g/mol. The molecule has 1 rings (SSSR count). The third-order valence-electron chi connectivity index (χ3n) is 2.46. The Morgan fingerprint density at radius 1 is 1.54 bits per heavy atom. The summed E-state index contributed by atoms with van der Waals surface area (Å²) in [7, 11) is 0. The van der Waals surface area contributed by atoms with Crippen LogP contribution in [0.1, 0.15) is 33.6 Å². The van der Waals surface area contributed by atoms with E-state index < -0.39 is 0 Å². The maximum Gasteiger partial charge on any atom is 0.0342 e. The van der Waals surface area contributed by atoms with Crippen LogP contribution in [0, 0.1) is 5.92 Å². The van der Waals surface area contributed by atoms with Crippen LogP contribution >= 0.6 is 0 Å². The van der Waals surface area contributed by atoms with Crippen molar-refractivity contribution in [1.29, 1.82) is 0 Å². The SMILES string of the molecule is C/C=C\C(=C1\CCCN1N)C(C)C. The highest BCUT2D eigenvalue weighted by molar-refractivity contribution is 5.27. The van der Waals surface area contributed by atoms with Crippen LogP contribution in [-0.4, -0.2) is 11.6 Å². The van der Waals surface area contributed by atoms with E-state index in [-0.39, 0.29) is 0 Å². The van der Waals surface area contributed by atoms with Gasteiger partial charge in [0.05, 0.1) is 0 Å². The highest BCUT2D eigenvalue weighted by Gasteiger charge is 2.18. The van der Waals surface area contributed by atoms with Gasteiger partial charge in [0.25, 0.3) is 0 Å². The van der Waals surface area contributed by atoms with Crippen LogP contribution in [0.2, 0.25) is 0 Å². The molecule has 2 N–H and O–H groups in total. The van der Waals surface area contributed by atoms with Crippen molar-refractivity contribution in [2.75, 3.05) is 6.54 Å². The van der Waals surface area contributed by atoms with Crippen molar-refractivity contribution in [2.45, 2.75) is 33.6 Å². The van der Waals surface area contributed by atoms with Crippen molar-refractivity contribution in [3.8, 4) is 0 Å². The normalized spacial score (nSPS) is 22.1. The lowest BCUT2D eigenvalue weighted by Crippen LogP contribution is -2.26. The summed E-state index contributed by atoms with van der Waals surface area (Å²) >= 11 is 0. The summed E-state index contributed by atoms with van der Waals surface area (Å²) in [5.74, 6) is 6.45. The zero-order chi connectivity index (χ0) is 9.84.